The van der Waals surface area contributed by atoms with Gasteiger partial charge in [-0.1, -0.05) is 142 Å². The van der Waals surface area contributed by atoms with Crippen LogP contribution in [-0.2, 0) is 12.8 Å². The molecule has 3 heterocycles. The van der Waals surface area contributed by atoms with Crippen molar-refractivity contribution in [1.29, 1.82) is 0 Å². The van der Waals surface area contributed by atoms with Crippen LogP contribution in [0.3, 0.4) is 0 Å². The molecular weight excluding hydrogens is 581 g/mol. The predicted octanol–water partition coefficient (Wildman–Crippen LogP) is 14.1. The molecule has 2 nitrogen and oxygen atoms in total. The zero-order valence-electron chi connectivity index (χ0n) is 27.1. The minimum Gasteiger partial charge on any atom is -0.172 e. The lowest BCUT2D eigenvalue weighted by molar-refractivity contribution is 0.556. The number of aryl methyl sites for hydroxylation is 2. The number of benzene rings is 1. The van der Waals surface area contributed by atoms with Gasteiger partial charge in [0.2, 0.25) is 0 Å². The van der Waals surface area contributed by atoms with Crippen molar-refractivity contribution in [3.63, 3.8) is 0 Å². The Kier molecular flexibility index (Phi) is 16.3. The summed E-state index contributed by atoms with van der Waals surface area (Å²) in [4.78, 5) is 2.67. The van der Waals surface area contributed by atoms with E-state index in [1.165, 1.54) is 185 Å². The Balaban J connectivity index is 1.21. The summed E-state index contributed by atoms with van der Waals surface area (Å²) in [7, 11) is 0. The zero-order chi connectivity index (χ0) is 30.0. The summed E-state index contributed by atoms with van der Waals surface area (Å²) in [5.74, 6) is 0. The van der Waals surface area contributed by atoms with E-state index < -0.39 is 0 Å². The Morgan fingerprint density at radius 3 is 1.19 bits per heavy atom. The molecule has 0 fully saturated rings. The molecular formula is C38H56N2S3. The molecule has 0 radical (unpaired) electrons. The fraction of sp³-hybridized carbons (Fsp3) is 0.632. The van der Waals surface area contributed by atoms with Gasteiger partial charge in [-0.25, -0.2) is 0 Å². The van der Waals surface area contributed by atoms with Crippen molar-refractivity contribution >= 4 is 45.4 Å². The zero-order valence-corrected chi connectivity index (χ0v) is 29.6. The normalized spacial score (nSPS) is 11.7. The van der Waals surface area contributed by atoms with Gasteiger partial charge in [-0.05, 0) is 59.7 Å². The summed E-state index contributed by atoms with van der Waals surface area (Å²) >= 11 is 5.09. The highest BCUT2D eigenvalue weighted by molar-refractivity contribution is 7.14. The second-order valence-corrected chi connectivity index (χ2v) is 15.0. The number of aromatic nitrogens is 2. The molecule has 0 aliphatic rings. The number of hydrogen-bond donors (Lipinski definition) is 0. The third-order valence-electron chi connectivity index (χ3n) is 8.89. The Morgan fingerprint density at radius 1 is 0.465 bits per heavy atom. The first-order valence-corrected chi connectivity index (χ1v) is 20.2. The molecule has 43 heavy (non-hydrogen) atoms. The highest BCUT2D eigenvalue weighted by atomic mass is 32.1. The SMILES string of the molecule is CCCCCCCCCCCCc1csc(-c2ccc(-c3cc(CCCCCCCCCCCC)cs3)c3nsnc23)c1. The second-order valence-electron chi connectivity index (χ2n) is 12.6. The lowest BCUT2D eigenvalue weighted by atomic mass is 10.0. The molecule has 0 aliphatic heterocycles. The van der Waals surface area contributed by atoms with Crippen LogP contribution >= 0.6 is 34.4 Å². The topological polar surface area (TPSA) is 25.8 Å². The minimum atomic E-state index is 1.07. The smallest absolute Gasteiger partial charge is 0.114 e. The highest BCUT2D eigenvalue weighted by Crippen LogP contribution is 2.39. The summed E-state index contributed by atoms with van der Waals surface area (Å²) in [5, 5.41) is 4.73. The quantitative estimate of drug-likeness (QED) is 0.0715. The molecule has 0 atom stereocenters. The van der Waals surface area contributed by atoms with Crippen LogP contribution in [0.25, 0.3) is 31.9 Å². The molecule has 0 saturated carbocycles. The van der Waals surface area contributed by atoms with Crippen molar-refractivity contribution in [3.8, 4) is 20.9 Å². The number of hydrogen-bond acceptors (Lipinski definition) is 5. The van der Waals surface area contributed by atoms with Crippen molar-refractivity contribution in [2.24, 2.45) is 0 Å². The maximum Gasteiger partial charge on any atom is 0.114 e. The number of unbranched alkanes of at least 4 members (excludes halogenated alkanes) is 18. The van der Waals surface area contributed by atoms with Gasteiger partial charge in [0.05, 0.1) is 11.7 Å². The van der Waals surface area contributed by atoms with Crippen molar-refractivity contribution in [3.05, 3.63) is 46.2 Å². The molecule has 1 aromatic carbocycles. The van der Waals surface area contributed by atoms with Crippen molar-refractivity contribution in [2.75, 3.05) is 0 Å². The molecule has 4 aromatic rings. The van der Waals surface area contributed by atoms with Crippen molar-refractivity contribution in [2.45, 2.75) is 155 Å². The number of nitrogens with zero attached hydrogens (tertiary/aromatic N) is 2. The molecule has 0 aliphatic carbocycles. The first-order valence-electron chi connectivity index (χ1n) is 17.7. The van der Waals surface area contributed by atoms with Crippen LogP contribution in [0.15, 0.2) is 35.0 Å². The fourth-order valence-electron chi connectivity index (χ4n) is 6.19. The van der Waals surface area contributed by atoms with E-state index in [2.05, 4.69) is 48.9 Å². The van der Waals surface area contributed by atoms with E-state index in [0.29, 0.717) is 0 Å². The van der Waals surface area contributed by atoms with Gasteiger partial charge >= 0.3 is 0 Å². The third kappa shape index (κ3) is 11.7. The lowest BCUT2D eigenvalue weighted by Gasteiger charge is -2.04. The van der Waals surface area contributed by atoms with Crippen LogP contribution in [0.5, 0.6) is 0 Å². The summed E-state index contributed by atoms with van der Waals surface area (Å²) in [6.45, 7) is 4.59. The van der Waals surface area contributed by atoms with Gasteiger partial charge in [-0.15, -0.1) is 22.7 Å². The predicted molar refractivity (Wildman–Crippen MR) is 195 cm³/mol. The van der Waals surface area contributed by atoms with E-state index in [9.17, 15) is 0 Å². The van der Waals surface area contributed by atoms with Gasteiger partial charge in [0, 0.05) is 20.9 Å². The maximum absolute atomic E-state index is 4.77. The summed E-state index contributed by atoms with van der Waals surface area (Å²) < 4.78 is 9.54. The Hall–Kier alpha value is -1.56. The third-order valence-corrected chi connectivity index (χ3v) is 11.4. The Labute approximate surface area is 275 Å². The fourth-order valence-corrected chi connectivity index (χ4v) is 8.72. The monoisotopic (exact) mass is 636 g/mol. The van der Waals surface area contributed by atoms with Gasteiger partial charge in [0.15, 0.2) is 0 Å². The molecule has 0 spiro atoms. The van der Waals surface area contributed by atoms with Crippen LogP contribution in [0.1, 0.15) is 153 Å². The van der Waals surface area contributed by atoms with Crippen LogP contribution in [-0.4, -0.2) is 8.75 Å². The van der Waals surface area contributed by atoms with Gasteiger partial charge < -0.3 is 0 Å². The average molecular weight is 637 g/mol. The van der Waals surface area contributed by atoms with Crippen molar-refractivity contribution in [1.82, 2.24) is 8.75 Å². The molecule has 0 unspecified atom stereocenters. The minimum absolute atomic E-state index is 1.07. The van der Waals surface area contributed by atoms with E-state index in [-0.39, 0.29) is 0 Å². The first kappa shape index (κ1) is 34.3. The highest BCUT2D eigenvalue weighted by Gasteiger charge is 2.16. The molecule has 0 amide bonds. The van der Waals surface area contributed by atoms with E-state index in [1.54, 1.807) is 0 Å². The van der Waals surface area contributed by atoms with E-state index >= 15 is 0 Å². The second kappa shape index (κ2) is 20.5. The van der Waals surface area contributed by atoms with E-state index in [0.717, 1.165) is 11.0 Å². The van der Waals surface area contributed by atoms with Crippen LogP contribution in [0.4, 0.5) is 0 Å². The van der Waals surface area contributed by atoms with E-state index in [4.69, 9.17) is 8.75 Å². The first-order chi connectivity index (χ1) is 21.3. The van der Waals surface area contributed by atoms with Gasteiger partial charge in [0.1, 0.15) is 11.0 Å². The number of rotatable bonds is 24. The molecule has 5 heteroatoms. The van der Waals surface area contributed by atoms with E-state index in [1.807, 2.05) is 22.7 Å². The Morgan fingerprint density at radius 2 is 0.814 bits per heavy atom. The van der Waals surface area contributed by atoms with Crippen molar-refractivity contribution < 1.29 is 0 Å². The van der Waals surface area contributed by atoms with Gasteiger partial charge in [-0.3, -0.25) is 0 Å². The Bertz CT molecular complexity index is 1190. The molecule has 236 valence electrons. The molecule has 3 aromatic heterocycles. The van der Waals surface area contributed by atoms with Gasteiger partial charge in [0.25, 0.3) is 0 Å². The summed E-state index contributed by atoms with van der Waals surface area (Å²) in [6, 6.07) is 9.39. The summed E-state index contributed by atoms with van der Waals surface area (Å²) in [6.07, 6.45) is 30.2. The molecule has 0 N–H and O–H groups in total. The van der Waals surface area contributed by atoms with Crippen LogP contribution in [0.2, 0.25) is 0 Å². The molecule has 0 bridgehead atoms. The maximum atomic E-state index is 4.77. The van der Waals surface area contributed by atoms with Crippen LogP contribution in [0, 0.1) is 0 Å². The largest absolute Gasteiger partial charge is 0.172 e. The van der Waals surface area contributed by atoms with Gasteiger partial charge in [-0.2, -0.15) is 8.75 Å². The standard InChI is InChI=1S/C38H56N2S3/c1-3-5-7-9-11-13-15-17-19-21-23-31-27-35(41-29-31)33-25-26-34(38-37(33)39-43-40-38)36-28-32(30-42-36)24-22-20-18-16-14-12-10-8-6-4-2/h25-30H,3-24H2,1-2H3. The molecule has 4 rings (SSSR count). The molecule has 0 saturated heterocycles. The number of thiophene rings is 2. The summed E-state index contributed by atoms with van der Waals surface area (Å²) in [5.41, 5.74) is 7.59. The lowest BCUT2D eigenvalue weighted by Crippen LogP contribution is -1.85. The van der Waals surface area contributed by atoms with Crippen LogP contribution < -0.4 is 0 Å². The average Bonchev–Trinajstić information content (AvgIpc) is 3.80. The number of fused-ring (bicyclic) bond motifs is 1.